The second-order valence-corrected chi connectivity index (χ2v) is 7.77. The molecule has 21 heavy (non-hydrogen) atoms. The van der Waals surface area contributed by atoms with E-state index in [1.807, 2.05) is 11.9 Å². The van der Waals surface area contributed by atoms with E-state index in [9.17, 15) is 13.2 Å². The number of hydrogen-bond donors (Lipinski definition) is 1. The summed E-state index contributed by atoms with van der Waals surface area (Å²) in [7, 11) is -1.23. The number of fused-ring (bicyclic) bond motifs is 1. The van der Waals surface area contributed by atoms with Crippen molar-refractivity contribution in [2.75, 3.05) is 31.6 Å². The molecule has 3 rings (SSSR count). The topological polar surface area (TPSA) is 91.1 Å². The Kier molecular flexibility index (Phi) is 3.54. The Labute approximate surface area is 123 Å². The molecule has 7 nitrogen and oxygen atoms in total. The summed E-state index contributed by atoms with van der Waals surface area (Å²) in [6.07, 6.45) is 0. The van der Waals surface area contributed by atoms with Crippen LogP contribution in [0.5, 0.6) is 0 Å². The van der Waals surface area contributed by atoms with Crippen LogP contribution in [0.1, 0.15) is 16.3 Å². The lowest BCUT2D eigenvalue weighted by Gasteiger charge is -2.41. The Morgan fingerprint density at radius 2 is 2.05 bits per heavy atom. The molecule has 1 aromatic heterocycles. The van der Waals surface area contributed by atoms with Crippen LogP contribution in [-0.2, 0) is 16.4 Å². The molecule has 0 radical (unpaired) electrons. The highest BCUT2D eigenvalue weighted by Crippen LogP contribution is 2.27. The lowest BCUT2D eigenvalue weighted by Crippen LogP contribution is -2.59. The summed E-state index contributed by atoms with van der Waals surface area (Å²) in [5.41, 5.74) is 0. The first-order valence-corrected chi connectivity index (χ1v) is 8.64. The zero-order valence-electron chi connectivity index (χ0n) is 11.7. The van der Waals surface area contributed by atoms with E-state index >= 15 is 0 Å². The molecule has 1 amide bonds. The van der Waals surface area contributed by atoms with Crippen LogP contribution in [0.3, 0.4) is 0 Å². The van der Waals surface area contributed by atoms with Crippen LogP contribution in [0, 0.1) is 0 Å². The summed E-state index contributed by atoms with van der Waals surface area (Å²) in [5, 5.41) is 8.99. The number of hydrogen-bond acceptors (Lipinski definition) is 6. The molecular weight excluding hydrogens is 296 g/mol. The highest BCUT2D eigenvalue weighted by Gasteiger charge is 2.47. The van der Waals surface area contributed by atoms with Crippen molar-refractivity contribution in [2.24, 2.45) is 0 Å². The van der Waals surface area contributed by atoms with Gasteiger partial charge in [-0.2, -0.15) is 0 Å². The maximum absolute atomic E-state index is 12.5. The zero-order chi connectivity index (χ0) is 15.2. The zero-order valence-corrected chi connectivity index (χ0v) is 12.5. The molecule has 2 aliphatic rings. The van der Waals surface area contributed by atoms with E-state index in [4.69, 9.17) is 9.52 Å². The molecule has 116 valence electrons. The van der Waals surface area contributed by atoms with Crippen LogP contribution >= 0.6 is 0 Å². The monoisotopic (exact) mass is 314 g/mol. The van der Waals surface area contributed by atoms with Gasteiger partial charge in [-0.1, -0.05) is 0 Å². The van der Waals surface area contributed by atoms with Crippen molar-refractivity contribution < 1.29 is 22.7 Å². The predicted molar refractivity (Wildman–Crippen MR) is 74.5 cm³/mol. The van der Waals surface area contributed by atoms with Gasteiger partial charge in [0.15, 0.2) is 15.6 Å². The number of sulfone groups is 1. The summed E-state index contributed by atoms with van der Waals surface area (Å²) >= 11 is 0. The normalized spacial score (nSPS) is 28.6. The van der Waals surface area contributed by atoms with Crippen molar-refractivity contribution in [3.63, 3.8) is 0 Å². The Morgan fingerprint density at radius 3 is 2.71 bits per heavy atom. The summed E-state index contributed by atoms with van der Waals surface area (Å²) in [4.78, 5) is 16.1. The van der Waals surface area contributed by atoms with E-state index in [0.29, 0.717) is 18.8 Å². The Balaban J connectivity index is 1.86. The number of carbonyl (C=O) groups excluding carboxylic acids is 1. The van der Waals surface area contributed by atoms with Crippen LogP contribution in [0.2, 0.25) is 0 Å². The summed E-state index contributed by atoms with van der Waals surface area (Å²) in [6, 6.07) is 2.58. The van der Waals surface area contributed by atoms with Gasteiger partial charge in [-0.05, 0) is 19.2 Å². The Bertz CT molecular complexity index is 653. The average Bonchev–Trinajstić information content (AvgIpc) is 3.02. The van der Waals surface area contributed by atoms with Gasteiger partial charge in [0.05, 0.1) is 17.5 Å². The maximum atomic E-state index is 12.5. The minimum absolute atomic E-state index is 0.00130. The van der Waals surface area contributed by atoms with Crippen molar-refractivity contribution in [3.05, 3.63) is 23.7 Å². The van der Waals surface area contributed by atoms with Crippen LogP contribution in [0.25, 0.3) is 0 Å². The van der Waals surface area contributed by atoms with Crippen molar-refractivity contribution >= 4 is 15.7 Å². The van der Waals surface area contributed by atoms with E-state index in [1.54, 1.807) is 11.0 Å². The molecule has 0 spiro atoms. The van der Waals surface area contributed by atoms with E-state index < -0.39 is 9.84 Å². The van der Waals surface area contributed by atoms with Gasteiger partial charge in [0.1, 0.15) is 12.4 Å². The Morgan fingerprint density at radius 1 is 1.33 bits per heavy atom. The second kappa shape index (κ2) is 5.11. The number of rotatable bonds is 2. The van der Waals surface area contributed by atoms with Crippen molar-refractivity contribution in [1.29, 1.82) is 0 Å². The molecule has 0 unspecified atom stereocenters. The van der Waals surface area contributed by atoms with Gasteiger partial charge in [0.2, 0.25) is 0 Å². The van der Waals surface area contributed by atoms with Gasteiger partial charge in [0.25, 0.3) is 5.91 Å². The number of piperazine rings is 1. The molecule has 3 heterocycles. The Hall–Kier alpha value is -1.38. The standard InChI is InChI=1S/C13H18N2O5S/c1-14-4-5-15(11-8-21(18,19)7-10(11)14)13(17)12-3-2-9(6-16)20-12/h2-3,10-11,16H,4-8H2,1H3/t10-,11+/m1/s1. The summed E-state index contributed by atoms with van der Waals surface area (Å²) in [6.45, 7) is 0.841. The predicted octanol–water partition coefficient (Wildman–Crippen LogP) is -0.675. The quantitative estimate of drug-likeness (QED) is 0.778. The number of aliphatic hydroxyl groups is 1. The molecule has 2 atom stereocenters. The fourth-order valence-corrected chi connectivity index (χ4v) is 5.15. The van der Waals surface area contributed by atoms with Gasteiger partial charge in [-0.25, -0.2) is 8.42 Å². The van der Waals surface area contributed by atoms with E-state index in [2.05, 4.69) is 0 Å². The molecule has 2 aliphatic heterocycles. The highest BCUT2D eigenvalue weighted by molar-refractivity contribution is 7.91. The lowest BCUT2D eigenvalue weighted by molar-refractivity contribution is 0.0379. The van der Waals surface area contributed by atoms with Crippen LogP contribution in [-0.4, -0.2) is 73.0 Å². The number of amides is 1. The third kappa shape index (κ3) is 2.58. The third-order valence-corrected chi connectivity index (χ3v) is 5.94. The largest absolute Gasteiger partial charge is 0.453 e. The second-order valence-electron chi connectivity index (χ2n) is 5.61. The average molecular weight is 314 g/mol. The summed E-state index contributed by atoms with van der Waals surface area (Å²) in [5.74, 6) is 0.254. The first-order chi connectivity index (χ1) is 9.91. The van der Waals surface area contributed by atoms with Crippen LogP contribution in [0.4, 0.5) is 0 Å². The van der Waals surface area contributed by atoms with Crippen LogP contribution in [0.15, 0.2) is 16.5 Å². The molecule has 0 aromatic carbocycles. The molecule has 0 aliphatic carbocycles. The van der Waals surface area contributed by atoms with E-state index in [1.165, 1.54) is 6.07 Å². The molecule has 0 saturated carbocycles. The van der Waals surface area contributed by atoms with Gasteiger partial charge in [-0.3, -0.25) is 9.69 Å². The third-order valence-electron chi connectivity index (χ3n) is 4.24. The van der Waals surface area contributed by atoms with E-state index in [-0.39, 0.29) is 41.9 Å². The van der Waals surface area contributed by atoms with Gasteiger partial charge < -0.3 is 14.4 Å². The minimum atomic E-state index is -3.12. The minimum Gasteiger partial charge on any atom is -0.453 e. The number of nitrogens with zero attached hydrogens (tertiary/aromatic N) is 2. The van der Waals surface area contributed by atoms with Gasteiger partial charge in [0, 0.05) is 19.1 Å². The summed E-state index contributed by atoms with van der Waals surface area (Å²) < 4.78 is 29.0. The van der Waals surface area contributed by atoms with Gasteiger partial charge >= 0.3 is 0 Å². The fraction of sp³-hybridized carbons (Fsp3) is 0.615. The molecule has 1 N–H and O–H groups in total. The van der Waals surface area contributed by atoms with Crippen LogP contribution < -0.4 is 0 Å². The highest BCUT2D eigenvalue weighted by atomic mass is 32.2. The SMILES string of the molecule is CN1CCN(C(=O)c2ccc(CO)o2)[C@H]2CS(=O)(=O)C[C@H]21. The molecule has 8 heteroatoms. The lowest BCUT2D eigenvalue weighted by atomic mass is 10.1. The first-order valence-electron chi connectivity index (χ1n) is 6.82. The van der Waals surface area contributed by atoms with Crippen molar-refractivity contribution in [3.8, 4) is 0 Å². The van der Waals surface area contributed by atoms with E-state index in [0.717, 1.165) is 0 Å². The molecule has 0 bridgehead atoms. The number of aliphatic hydroxyl groups excluding tert-OH is 1. The maximum Gasteiger partial charge on any atom is 0.289 e. The first kappa shape index (κ1) is 14.6. The van der Waals surface area contributed by atoms with Crippen molar-refractivity contribution in [1.82, 2.24) is 9.80 Å². The molecule has 1 aromatic rings. The number of carbonyl (C=O) groups is 1. The number of furan rings is 1. The molecule has 2 saturated heterocycles. The fourth-order valence-electron chi connectivity index (χ4n) is 3.10. The van der Waals surface area contributed by atoms with Crippen molar-refractivity contribution in [2.45, 2.75) is 18.7 Å². The molecular formula is C13H18N2O5S. The molecule has 2 fully saturated rings. The smallest absolute Gasteiger partial charge is 0.289 e. The number of likely N-dealkylation sites (N-methyl/N-ethyl adjacent to an activating group) is 1. The van der Waals surface area contributed by atoms with Gasteiger partial charge in [-0.15, -0.1) is 0 Å².